The van der Waals surface area contributed by atoms with E-state index in [2.05, 4.69) is 0 Å². The second-order valence-corrected chi connectivity index (χ2v) is 9.02. The summed E-state index contributed by atoms with van der Waals surface area (Å²) < 4.78 is 18.6. The lowest BCUT2D eigenvalue weighted by molar-refractivity contribution is -0.621. The molecule has 1 N–H and O–H groups in total. The molecule has 1 aliphatic rings. The number of carbonyl (C=O) groups is 2. The minimum absolute atomic E-state index is 0.119. The molecule has 3 aromatic rings. The molecule has 2 heterocycles. The molecule has 2 aromatic carbocycles. The molecule has 4 rings (SSSR count). The summed E-state index contributed by atoms with van der Waals surface area (Å²) in [5.41, 5.74) is 2.47. The summed E-state index contributed by atoms with van der Waals surface area (Å²) in [5.74, 6) is -5.35. The molecule has 0 aliphatic carbocycles. The Morgan fingerprint density at radius 1 is 1.11 bits per heavy atom. The number of carbonyl (C=O) groups excluding carboxylic acids is 2. The zero-order valence-electron chi connectivity index (χ0n) is 20.3. The zero-order valence-corrected chi connectivity index (χ0v) is 20.3. The van der Waals surface area contributed by atoms with Gasteiger partial charge in [0.2, 0.25) is 0 Å². The summed E-state index contributed by atoms with van der Waals surface area (Å²) >= 11 is 0. The Bertz CT molecular complexity index is 1260. The third-order valence-corrected chi connectivity index (χ3v) is 6.28. The molecule has 35 heavy (non-hydrogen) atoms. The van der Waals surface area contributed by atoms with Crippen molar-refractivity contribution in [3.8, 4) is 11.5 Å². The number of methoxy groups -OCH3 is 1. The van der Waals surface area contributed by atoms with Crippen LogP contribution >= 0.6 is 0 Å². The number of rotatable bonds is 6. The van der Waals surface area contributed by atoms with E-state index in [1.54, 1.807) is 17.6 Å². The van der Waals surface area contributed by atoms with E-state index in [-0.39, 0.29) is 17.3 Å². The van der Waals surface area contributed by atoms with Crippen molar-refractivity contribution >= 4 is 11.9 Å². The van der Waals surface area contributed by atoms with Gasteiger partial charge >= 0.3 is 11.9 Å². The largest absolute Gasteiger partial charge is 0.711 e. The number of nitrogens with zero attached hydrogens (tertiary/aromatic N) is 2. The smallest absolute Gasteiger partial charge is 0.324 e. The summed E-state index contributed by atoms with van der Waals surface area (Å²) in [4.78, 5) is 26.4. The van der Waals surface area contributed by atoms with E-state index in [0.29, 0.717) is 23.5 Å². The first kappa shape index (κ1) is 24.1. The number of esters is 2. The van der Waals surface area contributed by atoms with E-state index in [1.165, 1.54) is 33.1 Å². The number of phenolic OH excluding ortho intramolecular Hbond substituents is 1. The van der Waals surface area contributed by atoms with Gasteiger partial charge < -0.3 is 24.5 Å². The highest BCUT2D eigenvalue weighted by Crippen LogP contribution is 2.40. The molecule has 1 aliphatic heterocycles. The molecule has 184 valence electrons. The van der Waals surface area contributed by atoms with Crippen LogP contribution in [0.5, 0.6) is 11.5 Å². The molecule has 0 saturated carbocycles. The number of ether oxygens (including phenoxy) is 3. The number of aromatic hydroxyl groups is 1. The van der Waals surface area contributed by atoms with Gasteiger partial charge in [0.1, 0.15) is 23.9 Å². The number of benzene rings is 2. The number of aromatic nitrogens is 2. The molecular formula is C26H28N2O7. The molecule has 0 bridgehead atoms. The van der Waals surface area contributed by atoms with Crippen molar-refractivity contribution in [3.05, 3.63) is 82.1 Å². The van der Waals surface area contributed by atoms with Gasteiger partial charge in [0.05, 0.1) is 7.11 Å². The van der Waals surface area contributed by atoms with E-state index >= 15 is 0 Å². The Labute approximate surface area is 203 Å². The maximum Gasteiger partial charge on any atom is 0.324 e. The lowest BCUT2D eigenvalue weighted by Crippen LogP contribution is -2.50. The summed E-state index contributed by atoms with van der Waals surface area (Å²) in [6, 6.07) is 14.0. The number of cyclic esters (lactones) is 2. The molecule has 0 radical (unpaired) electrons. The third-order valence-electron chi connectivity index (χ3n) is 6.28. The van der Waals surface area contributed by atoms with E-state index in [0.717, 1.165) is 10.3 Å². The van der Waals surface area contributed by atoms with Gasteiger partial charge in [-0.05, 0) is 23.3 Å². The second kappa shape index (κ2) is 8.98. The lowest BCUT2D eigenvalue weighted by atomic mass is 9.84. The van der Waals surface area contributed by atoms with Crippen LogP contribution in [0.1, 0.15) is 48.1 Å². The van der Waals surface area contributed by atoms with Gasteiger partial charge in [0.15, 0.2) is 17.4 Å². The van der Waals surface area contributed by atoms with Crippen molar-refractivity contribution in [1.29, 1.82) is 0 Å². The second-order valence-electron chi connectivity index (χ2n) is 9.02. The molecule has 1 fully saturated rings. The molecule has 9 nitrogen and oxygen atoms in total. The first-order chi connectivity index (χ1) is 16.5. The fourth-order valence-corrected chi connectivity index (χ4v) is 4.43. The van der Waals surface area contributed by atoms with Crippen LogP contribution in [0.4, 0.5) is 0 Å². The van der Waals surface area contributed by atoms with E-state index in [1.807, 2.05) is 37.3 Å². The lowest BCUT2D eigenvalue weighted by Gasteiger charge is -2.35. The molecule has 9 heteroatoms. The standard InChI is InChI=1S/C26H28N2O7/c1-15-16(2)28(32)23(27(15)14-17-9-7-6-8-10-17)21(18-11-12-19(29)20(13-18)33-5)22-24(30)34-26(3,4)35-25(22)31/h6-13,21-22,29H,14H2,1-5H3. The van der Waals surface area contributed by atoms with Crippen molar-refractivity contribution < 1.29 is 33.6 Å². The first-order valence-corrected chi connectivity index (χ1v) is 11.2. The Balaban J connectivity index is 1.95. The Hall–Kier alpha value is -4.01. The zero-order chi connectivity index (χ0) is 25.5. The summed E-state index contributed by atoms with van der Waals surface area (Å²) in [6.07, 6.45) is 0. The van der Waals surface area contributed by atoms with Crippen LogP contribution in [0.2, 0.25) is 0 Å². The van der Waals surface area contributed by atoms with Crippen LogP contribution in [-0.2, 0) is 25.6 Å². The van der Waals surface area contributed by atoms with Gasteiger partial charge in [-0.3, -0.25) is 9.59 Å². The minimum Gasteiger partial charge on any atom is -0.711 e. The van der Waals surface area contributed by atoms with Crippen LogP contribution in [0, 0.1) is 25.0 Å². The highest BCUT2D eigenvalue weighted by molar-refractivity contribution is 5.98. The maximum absolute atomic E-state index is 13.5. The van der Waals surface area contributed by atoms with Crippen LogP contribution in [0.25, 0.3) is 0 Å². The molecule has 0 amide bonds. The SMILES string of the molecule is COc1cc(C(c2n(Cc3ccccc3)c(C)c(C)[n+]2[O-])C2C(=O)OC(C)(C)OC2=O)ccc1O. The summed E-state index contributed by atoms with van der Waals surface area (Å²) in [5, 5.41) is 23.7. The summed E-state index contributed by atoms with van der Waals surface area (Å²) in [7, 11) is 1.39. The fraction of sp³-hybridized carbons (Fsp3) is 0.346. The average Bonchev–Trinajstić information content (AvgIpc) is 3.00. The number of imidazole rings is 1. The molecule has 1 aromatic heterocycles. The highest BCUT2D eigenvalue weighted by atomic mass is 16.7. The summed E-state index contributed by atoms with van der Waals surface area (Å²) in [6.45, 7) is 6.77. The fourth-order valence-electron chi connectivity index (χ4n) is 4.43. The van der Waals surface area contributed by atoms with Gasteiger partial charge in [-0.15, -0.1) is 0 Å². The quantitative estimate of drug-likeness (QED) is 0.250. The average molecular weight is 481 g/mol. The minimum atomic E-state index is -1.44. The monoisotopic (exact) mass is 480 g/mol. The van der Waals surface area contributed by atoms with Crippen molar-refractivity contribution in [1.82, 2.24) is 4.57 Å². The van der Waals surface area contributed by atoms with Crippen LogP contribution in [0.3, 0.4) is 0 Å². The van der Waals surface area contributed by atoms with Crippen molar-refractivity contribution in [2.24, 2.45) is 5.92 Å². The van der Waals surface area contributed by atoms with Gasteiger partial charge in [-0.2, -0.15) is 0 Å². The van der Waals surface area contributed by atoms with E-state index in [9.17, 15) is 19.9 Å². The first-order valence-electron chi connectivity index (χ1n) is 11.2. The van der Waals surface area contributed by atoms with Gasteiger partial charge in [0.25, 0.3) is 11.6 Å². The van der Waals surface area contributed by atoms with Crippen LogP contribution < -0.4 is 9.47 Å². The molecule has 1 saturated heterocycles. The van der Waals surface area contributed by atoms with Crippen LogP contribution in [-0.4, -0.2) is 34.5 Å². The van der Waals surface area contributed by atoms with E-state index < -0.39 is 29.6 Å². The van der Waals surface area contributed by atoms with E-state index in [4.69, 9.17) is 14.2 Å². The Morgan fingerprint density at radius 2 is 1.74 bits per heavy atom. The third kappa shape index (κ3) is 4.41. The van der Waals surface area contributed by atoms with Crippen molar-refractivity contribution in [2.45, 2.75) is 45.9 Å². The molecular weight excluding hydrogens is 452 g/mol. The molecule has 1 atom stereocenters. The topological polar surface area (TPSA) is 114 Å². The molecule has 1 unspecified atom stereocenters. The van der Waals surface area contributed by atoms with Gasteiger partial charge in [-0.1, -0.05) is 36.4 Å². The maximum atomic E-state index is 13.5. The highest BCUT2D eigenvalue weighted by Gasteiger charge is 2.52. The van der Waals surface area contributed by atoms with Gasteiger partial charge in [0, 0.05) is 27.7 Å². The predicted octanol–water partition coefficient (Wildman–Crippen LogP) is 3.09. The van der Waals surface area contributed by atoms with Gasteiger partial charge in [-0.25, -0.2) is 9.30 Å². The predicted molar refractivity (Wildman–Crippen MR) is 125 cm³/mol. The van der Waals surface area contributed by atoms with Crippen molar-refractivity contribution in [2.75, 3.05) is 7.11 Å². The number of hydrogen-bond acceptors (Lipinski definition) is 7. The number of hydrogen-bond donors (Lipinski definition) is 1. The number of phenols is 1. The van der Waals surface area contributed by atoms with Crippen molar-refractivity contribution in [3.63, 3.8) is 0 Å². The van der Waals surface area contributed by atoms with Crippen LogP contribution in [0.15, 0.2) is 48.5 Å². The Kier molecular flexibility index (Phi) is 6.19. The molecule has 0 spiro atoms. The normalized spacial score (nSPS) is 16.5. The Morgan fingerprint density at radius 3 is 2.34 bits per heavy atom.